The molecule has 1 aromatic carbocycles. The first kappa shape index (κ1) is 17.2. The molecule has 2 heterocycles. The predicted octanol–water partition coefficient (Wildman–Crippen LogP) is 3.67. The van der Waals surface area contributed by atoms with Crippen molar-refractivity contribution in [3.05, 3.63) is 65.7 Å². The van der Waals surface area contributed by atoms with E-state index in [2.05, 4.69) is 11.1 Å². The molecule has 0 bridgehead atoms. The maximum atomic E-state index is 12.2. The quantitative estimate of drug-likeness (QED) is 0.520. The van der Waals surface area contributed by atoms with Crippen molar-refractivity contribution in [1.29, 1.82) is 5.26 Å². The van der Waals surface area contributed by atoms with E-state index >= 15 is 0 Å². The number of imidazole rings is 1. The Morgan fingerprint density at radius 3 is 2.69 bits per heavy atom. The number of aromatic nitrogens is 2. The lowest BCUT2D eigenvalue weighted by Gasteiger charge is -2.06. The monoisotopic (exact) mass is 347 g/mol. The molecule has 130 valence electrons. The third kappa shape index (κ3) is 3.15. The molecule has 3 rings (SSSR count). The van der Waals surface area contributed by atoms with Crippen LogP contribution in [-0.4, -0.2) is 29.1 Å². The van der Waals surface area contributed by atoms with Crippen LogP contribution in [0.5, 0.6) is 0 Å². The van der Waals surface area contributed by atoms with Gasteiger partial charge in [-0.3, -0.25) is 4.40 Å². The van der Waals surface area contributed by atoms with Crippen LogP contribution >= 0.6 is 0 Å². The van der Waals surface area contributed by atoms with Crippen LogP contribution in [0.2, 0.25) is 0 Å². The number of esters is 1. The number of methoxy groups -OCH3 is 1. The van der Waals surface area contributed by atoms with Gasteiger partial charge in [-0.1, -0.05) is 18.2 Å². The molecule has 0 aliphatic carbocycles. The Labute approximate surface area is 150 Å². The second-order valence-electron chi connectivity index (χ2n) is 5.39. The molecule has 0 fully saturated rings. The minimum atomic E-state index is -0.453. The Balaban J connectivity index is 2.26. The molecule has 0 unspecified atom stereocenters. The zero-order chi connectivity index (χ0) is 18.5. The van der Waals surface area contributed by atoms with Gasteiger partial charge in [0, 0.05) is 5.56 Å². The van der Waals surface area contributed by atoms with E-state index in [4.69, 9.17) is 14.7 Å². The van der Waals surface area contributed by atoms with E-state index in [0.717, 1.165) is 5.56 Å². The lowest BCUT2D eigenvalue weighted by atomic mass is 10.1. The summed E-state index contributed by atoms with van der Waals surface area (Å²) in [5, 5.41) is 8.99. The zero-order valence-electron chi connectivity index (χ0n) is 14.5. The topological polar surface area (TPSA) is 76.6 Å². The standard InChI is InChI=1S/C20H17N3O3/c1-3-26-12-11-16-19(15-9-7-14(13-21)8-10-15)22-18-6-4-5-17(23(16)18)20(24)25-2/h4-12H,3H2,1-2H3. The van der Waals surface area contributed by atoms with Crippen LogP contribution in [0.25, 0.3) is 23.0 Å². The van der Waals surface area contributed by atoms with E-state index in [1.165, 1.54) is 7.11 Å². The summed E-state index contributed by atoms with van der Waals surface area (Å²) in [5.41, 5.74) is 3.76. The Hall–Kier alpha value is -3.59. The molecule has 0 radical (unpaired) electrons. The molecule has 26 heavy (non-hydrogen) atoms. The summed E-state index contributed by atoms with van der Waals surface area (Å²) in [6.07, 6.45) is 3.34. The van der Waals surface area contributed by atoms with Crippen molar-refractivity contribution in [2.24, 2.45) is 0 Å². The highest BCUT2D eigenvalue weighted by Gasteiger charge is 2.18. The second-order valence-corrected chi connectivity index (χ2v) is 5.39. The number of carbonyl (C=O) groups is 1. The van der Waals surface area contributed by atoms with Crippen molar-refractivity contribution >= 4 is 17.7 Å². The molecule has 0 saturated carbocycles. The van der Waals surface area contributed by atoms with E-state index in [9.17, 15) is 4.79 Å². The van der Waals surface area contributed by atoms with Crippen LogP contribution in [0.4, 0.5) is 0 Å². The lowest BCUT2D eigenvalue weighted by molar-refractivity contribution is 0.0592. The number of fused-ring (bicyclic) bond motifs is 1. The summed E-state index contributed by atoms with van der Waals surface area (Å²) < 4.78 is 12.0. The maximum Gasteiger partial charge on any atom is 0.355 e. The Kier molecular flexibility index (Phi) is 4.99. The van der Waals surface area contributed by atoms with Crippen molar-refractivity contribution in [2.45, 2.75) is 6.92 Å². The molecular formula is C20H17N3O3. The van der Waals surface area contributed by atoms with Gasteiger partial charge in [0.25, 0.3) is 0 Å². The van der Waals surface area contributed by atoms with Crippen LogP contribution in [-0.2, 0) is 9.47 Å². The summed E-state index contributed by atoms with van der Waals surface area (Å²) >= 11 is 0. The molecule has 6 heteroatoms. The largest absolute Gasteiger partial charge is 0.501 e. The van der Waals surface area contributed by atoms with Crippen LogP contribution in [0.3, 0.4) is 0 Å². The normalized spacial score (nSPS) is 10.8. The number of carbonyl (C=O) groups excluding carboxylic acids is 1. The van der Waals surface area contributed by atoms with E-state index < -0.39 is 5.97 Å². The summed E-state index contributed by atoms with van der Waals surface area (Å²) in [5.74, 6) is -0.453. The molecule has 0 spiro atoms. The predicted molar refractivity (Wildman–Crippen MR) is 97.3 cm³/mol. The average Bonchev–Trinajstić information content (AvgIpc) is 3.06. The van der Waals surface area contributed by atoms with Gasteiger partial charge in [-0.25, -0.2) is 9.78 Å². The molecule has 6 nitrogen and oxygen atoms in total. The third-order valence-corrected chi connectivity index (χ3v) is 3.85. The smallest absolute Gasteiger partial charge is 0.355 e. The molecule has 0 N–H and O–H groups in total. The fourth-order valence-corrected chi connectivity index (χ4v) is 2.66. The van der Waals surface area contributed by atoms with Gasteiger partial charge in [0.1, 0.15) is 11.3 Å². The molecule has 3 aromatic rings. The first-order valence-electron chi connectivity index (χ1n) is 8.08. The van der Waals surface area contributed by atoms with Crippen molar-refractivity contribution < 1.29 is 14.3 Å². The zero-order valence-corrected chi connectivity index (χ0v) is 14.5. The highest BCUT2D eigenvalue weighted by molar-refractivity contribution is 5.90. The number of nitrogens with zero attached hydrogens (tertiary/aromatic N) is 3. The van der Waals surface area contributed by atoms with Crippen molar-refractivity contribution in [3.8, 4) is 17.3 Å². The molecule has 0 atom stereocenters. The maximum absolute atomic E-state index is 12.2. The fourth-order valence-electron chi connectivity index (χ4n) is 2.66. The van der Waals surface area contributed by atoms with Gasteiger partial charge < -0.3 is 9.47 Å². The molecule has 2 aromatic heterocycles. The number of nitriles is 1. The molecule has 0 aliphatic heterocycles. The van der Waals surface area contributed by atoms with Gasteiger partial charge in [-0.15, -0.1) is 0 Å². The van der Waals surface area contributed by atoms with E-state index in [1.54, 1.807) is 41.0 Å². The fraction of sp³-hybridized carbons (Fsp3) is 0.150. The van der Waals surface area contributed by atoms with Gasteiger partial charge >= 0.3 is 5.97 Å². The minimum Gasteiger partial charge on any atom is -0.501 e. The summed E-state index contributed by atoms with van der Waals surface area (Å²) in [6, 6.07) is 14.5. The number of hydrogen-bond donors (Lipinski definition) is 0. The van der Waals surface area contributed by atoms with Crippen LogP contribution < -0.4 is 0 Å². The van der Waals surface area contributed by atoms with Gasteiger partial charge in [0.15, 0.2) is 0 Å². The van der Waals surface area contributed by atoms with Gasteiger partial charge in [-0.05, 0) is 37.3 Å². The Morgan fingerprint density at radius 2 is 2.04 bits per heavy atom. The van der Waals surface area contributed by atoms with Crippen LogP contribution in [0, 0.1) is 11.3 Å². The minimum absolute atomic E-state index is 0.369. The van der Waals surface area contributed by atoms with Crippen LogP contribution in [0.1, 0.15) is 28.7 Å². The molecule has 0 amide bonds. The van der Waals surface area contributed by atoms with E-state index in [1.807, 2.05) is 25.1 Å². The van der Waals surface area contributed by atoms with Crippen molar-refractivity contribution in [3.63, 3.8) is 0 Å². The van der Waals surface area contributed by atoms with E-state index in [0.29, 0.717) is 34.9 Å². The molecular weight excluding hydrogens is 330 g/mol. The Bertz CT molecular complexity index is 1010. The number of hydrogen-bond acceptors (Lipinski definition) is 5. The first-order chi connectivity index (χ1) is 12.7. The van der Waals surface area contributed by atoms with E-state index in [-0.39, 0.29) is 0 Å². The number of rotatable bonds is 5. The lowest BCUT2D eigenvalue weighted by Crippen LogP contribution is -2.08. The van der Waals surface area contributed by atoms with Gasteiger partial charge in [0.2, 0.25) is 0 Å². The first-order valence-corrected chi connectivity index (χ1v) is 8.08. The van der Waals surface area contributed by atoms with Gasteiger partial charge in [-0.2, -0.15) is 5.26 Å². The molecule has 0 aliphatic rings. The van der Waals surface area contributed by atoms with Crippen LogP contribution in [0.15, 0.2) is 48.7 Å². The third-order valence-electron chi connectivity index (χ3n) is 3.85. The number of benzene rings is 1. The second kappa shape index (κ2) is 7.53. The van der Waals surface area contributed by atoms with Crippen molar-refractivity contribution in [2.75, 3.05) is 13.7 Å². The average molecular weight is 347 g/mol. The summed E-state index contributed by atoms with van der Waals surface area (Å²) in [6.45, 7) is 2.42. The summed E-state index contributed by atoms with van der Waals surface area (Å²) in [4.78, 5) is 16.8. The number of ether oxygens (including phenoxy) is 2. The number of pyridine rings is 1. The highest BCUT2D eigenvalue weighted by atomic mass is 16.5. The van der Waals surface area contributed by atoms with Crippen molar-refractivity contribution in [1.82, 2.24) is 9.38 Å². The molecule has 0 saturated heterocycles. The Morgan fingerprint density at radius 1 is 1.27 bits per heavy atom. The highest BCUT2D eigenvalue weighted by Crippen LogP contribution is 2.27. The summed E-state index contributed by atoms with van der Waals surface area (Å²) in [7, 11) is 1.34. The van der Waals surface area contributed by atoms with Gasteiger partial charge in [0.05, 0.1) is 43.0 Å². The SMILES string of the molecule is CCOC=Cc1c(-c2ccc(C#N)cc2)nc2cccc(C(=O)OC)n12.